The highest BCUT2D eigenvalue weighted by Crippen LogP contribution is 2.79. The molecule has 6 nitrogen and oxygen atoms in total. The second-order valence-electron chi connectivity index (χ2n) is 11.3. The Bertz CT molecular complexity index is 774. The van der Waals surface area contributed by atoms with Crippen LogP contribution in [0, 0.1) is 34.5 Å². The minimum atomic E-state index is -1.23. The molecule has 7 bridgehead atoms. The van der Waals surface area contributed by atoms with Gasteiger partial charge < -0.3 is 19.7 Å². The number of piperidine rings is 1. The maximum absolute atomic E-state index is 13.5. The van der Waals surface area contributed by atoms with E-state index in [9.17, 15) is 15.0 Å². The molecule has 0 unspecified atom stereocenters. The minimum absolute atomic E-state index is 0.0176. The van der Waals surface area contributed by atoms with Crippen LogP contribution in [-0.4, -0.2) is 77.7 Å². The zero-order valence-electron chi connectivity index (χ0n) is 18.1. The molecule has 0 radical (unpaired) electrons. The van der Waals surface area contributed by atoms with Crippen molar-refractivity contribution in [2.45, 2.75) is 75.4 Å². The number of hydrogen-bond donors (Lipinski definition) is 2. The van der Waals surface area contributed by atoms with Gasteiger partial charge in [0.2, 0.25) is 0 Å². The molecule has 6 aliphatic rings. The van der Waals surface area contributed by atoms with Crippen molar-refractivity contribution in [3.05, 3.63) is 0 Å². The van der Waals surface area contributed by atoms with Crippen molar-refractivity contribution in [2.75, 3.05) is 27.3 Å². The normalized spacial score (nSPS) is 62.6. The molecule has 5 saturated carbocycles. The summed E-state index contributed by atoms with van der Waals surface area (Å²) in [4.78, 5) is 16.1. The van der Waals surface area contributed by atoms with E-state index in [0.29, 0.717) is 12.8 Å². The summed E-state index contributed by atoms with van der Waals surface area (Å²) in [7, 11) is 3.41. The number of nitrogens with zero attached hydrogens (tertiary/aromatic N) is 1. The lowest BCUT2D eigenvalue weighted by atomic mass is 9.42. The molecule has 0 amide bonds. The Morgan fingerprint density at radius 3 is 2.62 bits per heavy atom. The molecule has 162 valence electrons. The number of aliphatic hydroxyl groups is 2. The van der Waals surface area contributed by atoms with Gasteiger partial charge in [0, 0.05) is 50.5 Å². The van der Waals surface area contributed by atoms with Gasteiger partial charge in [-0.25, -0.2) is 0 Å². The predicted molar refractivity (Wildman–Crippen MR) is 105 cm³/mol. The predicted octanol–water partition coefficient (Wildman–Crippen LogP) is 1.23. The number of carbonyl (C=O) groups is 1. The summed E-state index contributed by atoms with van der Waals surface area (Å²) >= 11 is 0. The van der Waals surface area contributed by atoms with Gasteiger partial charge >= 0.3 is 0 Å². The van der Waals surface area contributed by atoms with Crippen LogP contribution in [0.5, 0.6) is 0 Å². The summed E-state index contributed by atoms with van der Waals surface area (Å²) in [6.45, 7) is 6.46. The van der Waals surface area contributed by atoms with Crippen LogP contribution in [0.4, 0.5) is 0 Å². The molecule has 2 N–H and O–H groups in total. The largest absolute Gasteiger partial charge is 0.389 e. The van der Waals surface area contributed by atoms with Crippen LogP contribution in [0.25, 0.3) is 0 Å². The molecular weight excluding hydrogens is 370 g/mol. The lowest BCUT2D eigenvalue weighted by Gasteiger charge is -2.71. The summed E-state index contributed by atoms with van der Waals surface area (Å²) < 4.78 is 11.9. The highest BCUT2D eigenvalue weighted by atomic mass is 16.5. The van der Waals surface area contributed by atoms with Crippen LogP contribution in [0.3, 0.4) is 0 Å². The van der Waals surface area contributed by atoms with Crippen molar-refractivity contribution in [1.82, 2.24) is 4.90 Å². The number of Topliss-reactive ketones (excluding diaryl/α,β-unsaturated/α-hetero) is 1. The third-order valence-electron chi connectivity index (χ3n) is 10.8. The second-order valence-corrected chi connectivity index (χ2v) is 11.3. The Balaban J connectivity index is 1.65. The smallest absolute Gasteiger partial charge is 0.147 e. The minimum Gasteiger partial charge on any atom is -0.389 e. The number of hydrogen-bond acceptors (Lipinski definition) is 6. The summed E-state index contributed by atoms with van der Waals surface area (Å²) in [5.41, 5.74) is -2.82. The molecule has 11 atom stereocenters. The lowest BCUT2D eigenvalue weighted by Crippen LogP contribution is -2.81. The molecule has 6 heteroatoms. The second kappa shape index (κ2) is 5.44. The first-order valence-corrected chi connectivity index (χ1v) is 11.5. The summed E-state index contributed by atoms with van der Waals surface area (Å²) in [6, 6.07) is 0.0595. The molecular formula is C23H35NO5. The average Bonchev–Trinajstić information content (AvgIpc) is 3.09. The fraction of sp³-hybridized carbons (Fsp3) is 0.957. The van der Waals surface area contributed by atoms with Gasteiger partial charge in [0.25, 0.3) is 0 Å². The van der Waals surface area contributed by atoms with Gasteiger partial charge in [-0.15, -0.1) is 0 Å². The van der Waals surface area contributed by atoms with E-state index in [1.807, 2.05) is 0 Å². The van der Waals surface area contributed by atoms with Gasteiger partial charge in [-0.1, -0.05) is 13.8 Å². The standard InChI is InChI=1S/C23H35NO5/c1-5-24-11-20(2)7-6-16(29-4)23-15(20)8-13(19(23)24)21(26)10-14(28-3)12-9-22(23,27)18(21)17(12)25/h12-16,18-19,26-27H,5-11H2,1-4H3/t12-,13+,14+,15-,16+,18-,19-,20+,21+,22+,23+/m1/s1. The number of rotatable bonds is 3. The number of methoxy groups -OCH3 is 2. The topological polar surface area (TPSA) is 79.2 Å². The van der Waals surface area contributed by atoms with Crippen molar-refractivity contribution in [2.24, 2.45) is 34.5 Å². The average molecular weight is 406 g/mol. The molecule has 1 saturated heterocycles. The van der Waals surface area contributed by atoms with Crippen molar-refractivity contribution in [3.63, 3.8) is 0 Å². The Labute approximate surface area is 172 Å². The number of ketones is 1. The fourth-order valence-electron chi connectivity index (χ4n) is 10.1. The molecule has 0 aromatic heterocycles. The highest BCUT2D eigenvalue weighted by Gasteiger charge is 2.88. The fourth-order valence-corrected chi connectivity index (χ4v) is 10.1. The van der Waals surface area contributed by atoms with E-state index in [1.54, 1.807) is 14.2 Å². The Morgan fingerprint density at radius 1 is 1.21 bits per heavy atom. The third kappa shape index (κ3) is 1.73. The first-order chi connectivity index (χ1) is 13.7. The zero-order chi connectivity index (χ0) is 20.6. The molecule has 5 aliphatic carbocycles. The Morgan fingerprint density at radius 2 is 1.97 bits per heavy atom. The van der Waals surface area contributed by atoms with Crippen LogP contribution in [-0.2, 0) is 14.3 Å². The van der Waals surface area contributed by atoms with Crippen LogP contribution < -0.4 is 0 Å². The molecule has 29 heavy (non-hydrogen) atoms. The summed E-state index contributed by atoms with van der Waals surface area (Å²) in [5.74, 6) is -0.725. The van der Waals surface area contributed by atoms with Crippen molar-refractivity contribution < 1.29 is 24.5 Å². The maximum atomic E-state index is 13.5. The molecule has 6 fully saturated rings. The van der Waals surface area contributed by atoms with Crippen LogP contribution >= 0.6 is 0 Å². The number of carbonyl (C=O) groups excluding carboxylic acids is 1. The van der Waals surface area contributed by atoms with E-state index in [2.05, 4.69) is 18.7 Å². The van der Waals surface area contributed by atoms with E-state index in [4.69, 9.17) is 9.47 Å². The first kappa shape index (κ1) is 19.2. The monoisotopic (exact) mass is 405 g/mol. The molecule has 1 aliphatic heterocycles. The first-order valence-electron chi connectivity index (χ1n) is 11.5. The number of ether oxygens (including phenoxy) is 2. The number of likely N-dealkylation sites (tertiary alicyclic amines) is 1. The van der Waals surface area contributed by atoms with E-state index < -0.39 is 22.5 Å². The van der Waals surface area contributed by atoms with Crippen molar-refractivity contribution in [3.8, 4) is 0 Å². The van der Waals surface area contributed by atoms with Crippen molar-refractivity contribution >= 4 is 5.78 Å². The van der Waals surface area contributed by atoms with Crippen LogP contribution in [0.2, 0.25) is 0 Å². The van der Waals surface area contributed by atoms with Gasteiger partial charge in [-0.05, 0) is 43.6 Å². The SMILES string of the molecule is CCN1C[C@]2(C)CC[C@H](OC)[C@@]34[C@@H]2C[C@@H]([C@@H]13)[C@@]1(O)C[C@H](OC)[C@H]2C[C@]4(O)[C@@H]1C2=O. The van der Waals surface area contributed by atoms with Gasteiger partial charge in [0.05, 0.1) is 29.3 Å². The van der Waals surface area contributed by atoms with Gasteiger partial charge in [0.1, 0.15) is 5.78 Å². The van der Waals surface area contributed by atoms with Gasteiger partial charge in [-0.3, -0.25) is 9.69 Å². The van der Waals surface area contributed by atoms with E-state index in [0.717, 1.165) is 32.4 Å². The van der Waals surface area contributed by atoms with Gasteiger partial charge in [0.15, 0.2) is 0 Å². The summed E-state index contributed by atoms with van der Waals surface area (Å²) in [6.07, 6.45) is 3.36. The van der Waals surface area contributed by atoms with Crippen LogP contribution in [0.15, 0.2) is 0 Å². The Hall–Kier alpha value is -0.530. The van der Waals surface area contributed by atoms with Crippen molar-refractivity contribution in [1.29, 1.82) is 0 Å². The number of fused-ring (bicyclic) bond motifs is 2. The Kier molecular flexibility index (Phi) is 3.60. The lowest BCUT2D eigenvalue weighted by molar-refractivity contribution is -0.310. The molecule has 6 rings (SSSR count). The maximum Gasteiger partial charge on any atom is 0.147 e. The summed E-state index contributed by atoms with van der Waals surface area (Å²) in [5, 5.41) is 24.8. The van der Waals surface area contributed by atoms with Crippen LogP contribution in [0.1, 0.15) is 46.0 Å². The molecule has 1 spiro atoms. The van der Waals surface area contributed by atoms with E-state index >= 15 is 0 Å². The van der Waals surface area contributed by atoms with E-state index in [1.165, 1.54) is 0 Å². The highest BCUT2D eigenvalue weighted by molar-refractivity contribution is 5.91. The van der Waals surface area contributed by atoms with Gasteiger partial charge in [-0.2, -0.15) is 0 Å². The quantitative estimate of drug-likeness (QED) is 0.735. The molecule has 1 heterocycles. The molecule has 0 aromatic rings. The zero-order valence-corrected chi connectivity index (χ0v) is 18.1. The third-order valence-corrected chi connectivity index (χ3v) is 10.8. The molecule has 0 aromatic carbocycles. The van der Waals surface area contributed by atoms with E-state index in [-0.39, 0.29) is 47.2 Å².